The number of rotatable bonds is 2. The summed E-state index contributed by atoms with van der Waals surface area (Å²) in [4.78, 5) is 14.4. The molecule has 0 aliphatic carbocycles. The maximum atomic E-state index is 12.7. The van der Waals surface area contributed by atoms with E-state index in [1.165, 1.54) is 23.9 Å². The molecule has 2 nitrogen and oxygen atoms in total. The Labute approximate surface area is 146 Å². The zero-order valence-electron chi connectivity index (χ0n) is 12.4. The fourth-order valence-electron chi connectivity index (χ4n) is 2.58. The van der Waals surface area contributed by atoms with Crippen molar-refractivity contribution in [3.05, 3.63) is 70.2 Å². The summed E-state index contributed by atoms with van der Waals surface area (Å²) in [6, 6.07) is 11.7. The highest BCUT2D eigenvalue weighted by molar-refractivity contribution is 7.99. The van der Waals surface area contributed by atoms with Crippen molar-refractivity contribution in [2.75, 3.05) is 12.3 Å². The van der Waals surface area contributed by atoms with E-state index < -0.39 is 11.7 Å². The molecule has 0 saturated carbocycles. The van der Waals surface area contributed by atoms with Crippen molar-refractivity contribution in [2.45, 2.75) is 11.6 Å². The van der Waals surface area contributed by atoms with Gasteiger partial charge in [0.1, 0.15) is 5.37 Å². The van der Waals surface area contributed by atoms with E-state index in [2.05, 4.69) is 0 Å². The third kappa shape index (κ3) is 3.39. The van der Waals surface area contributed by atoms with E-state index in [4.69, 9.17) is 11.6 Å². The Morgan fingerprint density at radius 3 is 2.42 bits per heavy atom. The molecule has 7 heteroatoms. The van der Waals surface area contributed by atoms with E-state index in [-0.39, 0.29) is 11.3 Å². The minimum atomic E-state index is -4.37. The Bertz CT molecular complexity index is 748. The number of benzene rings is 2. The minimum Gasteiger partial charge on any atom is -0.322 e. The molecule has 1 aliphatic rings. The van der Waals surface area contributed by atoms with Crippen molar-refractivity contribution >= 4 is 29.3 Å². The summed E-state index contributed by atoms with van der Waals surface area (Å²) < 4.78 is 38.0. The zero-order valence-corrected chi connectivity index (χ0v) is 14.0. The van der Waals surface area contributed by atoms with Crippen LogP contribution >= 0.6 is 23.4 Å². The average Bonchev–Trinajstić information content (AvgIpc) is 3.03. The van der Waals surface area contributed by atoms with Crippen LogP contribution in [0.15, 0.2) is 48.5 Å². The highest BCUT2D eigenvalue weighted by Gasteiger charge is 2.34. The molecular weight excluding hydrogens is 359 g/mol. The van der Waals surface area contributed by atoms with Crippen LogP contribution in [0.4, 0.5) is 13.2 Å². The second-order valence-electron chi connectivity index (χ2n) is 5.32. The lowest BCUT2D eigenvalue weighted by Crippen LogP contribution is -2.30. The lowest BCUT2D eigenvalue weighted by molar-refractivity contribution is -0.137. The minimum absolute atomic E-state index is 0.213. The van der Waals surface area contributed by atoms with Gasteiger partial charge in [-0.15, -0.1) is 11.8 Å². The van der Waals surface area contributed by atoms with Crippen LogP contribution in [0.3, 0.4) is 0 Å². The van der Waals surface area contributed by atoms with Gasteiger partial charge in [-0.25, -0.2) is 0 Å². The van der Waals surface area contributed by atoms with Crippen LogP contribution in [-0.2, 0) is 6.18 Å². The van der Waals surface area contributed by atoms with Gasteiger partial charge in [0, 0.05) is 12.3 Å². The second kappa shape index (κ2) is 6.69. The van der Waals surface area contributed by atoms with Crippen molar-refractivity contribution in [3.8, 4) is 0 Å². The van der Waals surface area contributed by atoms with E-state index in [0.29, 0.717) is 22.7 Å². The van der Waals surface area contributed by atoms with Gasteiger partial charge in [-0.1, -0.05) is 35.9 Å². The maximum absolute atomic E-state index is 12.7. The predicted molar refractivity (Wildman–Crippen MR) is 89.1 cm³/mol. The Balaban J connectivity index is 1.86. The molecule has 2 aromatic carbocycles. The fourth-order valence-corrected chi connectivity index (χ4v) is 4.05. The van der Waals surface area contributed by atoms with Gasteiger partial charge in [0.15, 0.2) is 0 Å². The summed E-state index contributed by atoms with van der Waals surface area (Å²) in [5.74, 6) is 0.512. The van der Waals surface area contributed by atoms with E-state index in [9.17, 15) is 18.0 Å². The molecule has 0 unspecified atom stereocenters. The van der Waals surface area contributed by atoms with E-state index in [0.717, 1.165) is 17.9 Å². The van der Waals surface area contributed by atoms with Crippen LogP contribution in [0.25, 0.3) is 0 Å². The number of hydrogen-bond acceptors (Lipinski definition) is 2. The van der Waals surface area contributed by atoms with E-state index in [1.807, 2.05) is 0 Å². The van der Waals surface area contributed by atoms with Gasteiger partial charge >= 0.3 is 6.18 Å². The quantitative estimate of drug-likeness (QED) is 0.719. The number of thioether (sulfide) groups is 1. The van der Waals surface area contributed by atoms with Gasteiger partial charge in [-0.05, 0) is 29.8 Å². The lowest BCUT2D eigenvalue weighted by atomic mass is 10.1. The summed E-state index contributed by atoms with van der Waals surface area (Å²) in [7, 11) is 0. The second-order valence-corrected chi connectivity index (χ2v) is 6.92. The number of alkyl halides is 3. The molecule has 1 heterocycles. The van der Waals surface area contributed by atoms with Crippen molar-refractivity contribution in [1.82, 2.24) is 4.90 Å². The standard InChI is InChI=1S/C17H13ClF3NOS/c18-14-4-2-1-3-13(14)15(23)22-9-10-24-16(22)11-5-7-12(8-6-11)17(19,20)21/h1-8,16H,9-10H2/t16-/m1/s1. The number of carbonyl (C=O) groups is 1. The van der Waals surface area contributed by atoms with Gasteiger partial charge in [0.2, 0.25) is 0 Å². The van der Waals surface area contributed by atoms with Crippen molar-refractivity contribution < 1.29 is 18.0 Å². The first kappa shape index (κ1) is 17.2. The number of halogens is 4. The summed E-state index contributed by atoms with van der Waals surface area (Å²) >= 11 is 7.61. The first-order valence-corrected chi connectivity index (χ1v) is 8.65. The zero-order chi connectivity index (χ0) is 17.3. The molecule has 1 atom stereocenters. The Kier molecular flexibility index (Phi) is 4.78. The summed E-state index contributed by atoms with van der Waals surface area (Å²) in [5, 5.41) is 0.0571. The summed E-state index contributed by atoms with van der Waals surface area (Å²) in [5.41, 5.74) is 0.378. The first-order valence-electron chi connectivity index (χ1n) is 7.22. The van der Waals surface area contributed by atoms with Crippen LogP contribution in [0, 0.1) is 0 Å². The van der Waals surface area contributed by atoms with Crippen LogP contribution < -0.4 is 0 Å². The molecule has 1 saturated heterocycles. The highest BCUT2D eigenvalue weighted by Crippen LogP contribution is 2.40. The lowest BCUT2D eigenvalue weighted by Gasteiger charge is -2.25. The van der Waals surface area contributed by atoms with Gasteiger partial charge in [-0.2, -0.15) is 13.2 Å². The summed E-state index contributed by atoms with van der Waals surface area (Å²) in [6.45, 7) is 0.528. The third-order valence-corrected chi connectivity index (χ3v) is 5.37. The maximum Gasteiger partial charge on any atom is 0.416 e. The molecule has 1 amide bonds. The van der Waals surface area contributed by atoms with Gasteiger partial charge in [0.05, 0.1) is 16.1 Å². The molecular formula is C17H13ClF3NOS. The normalized spacial score (nSPS) is 18.0. The van der Waals surface area contributed by atoms with E-state index >= 15 is 0 Å². The van der Waals surface area contributed by atoms with E-state index in [1.54, 1.807) is 29.2 Å². The molecule has 24 heavy (non-hydrogen) atoms. The number of carbonyl (C=O) groups excluding carboxylic acids is 1. The van der Waals surface area contributed by atoms with Crippen LogP contribution in [-0.4, -0.2) is 23.1 Å². The smallest absolute Gasteiger partial charge is 0.322 e. The molecule has 0 spiro atoms. The van der Waals surface area contributed by atoms with Gasteiger partial charge in [0.25, 0.3) is 5.91 Å². The summed E-state index contributed by atoms with van der Waals surface area (Å²) in [6.07, 6.45) is -4.37. The monoisotopic (exact) mass is 371 g/mol. The Hall–Kier alpha value is -1.66. The molecule has 0 radical (unpaired) electrons. The van der Waals surface area contributed by atoms with Gasteiger partial charge < -0.3 is 4.90 Å². The molecule has 0 aromatic heterocycles. The molecule has 3 rings (SSSR count). The Morgan fingerprint density at radius 1 is 1.12 bits per heavy atom. The SMILES string of the molecule is O=C(c1ccccc1Cl)N1CCS[C@@H]1c1ccc(C(F)(F)F)cc1. The van der Waals surface area contributed by atoms with Gasteiger partial charge in [-0.3, -0.25) is 4.79 Å². The fraction of sp³-hybridized carbons (Fsp3) is 0.235. The number of nitrogens with zero attached hydrogens (tertiary/aromatic N) is 1. The average molecular weight is 372 g/mol. The number of hydrogen-bond donors (Lipinski definition) is 0. The topological polar surface area (TPSA) is 20.3 Å². The molecule has 0 bridgehead atoms. The highest BCUT2D eigenvalue weighted by atomic mass is 35.5. The first-order chi connectivity index (χ1) is 11.4. The van der Waals surface area contributed by atoms with Crippen molar-refractivity contribution in [2.24, 2.45) is 0 Å². The predicted octanol–water partition coefficient (Wildman–Crippen LogP) is 5.25. The molecule has 0 N–H and O–H groups in total. The van der Waals surface area contributed by atoms with Crippen LogP contribution in [0.1, 0.15) is 26.9 Å². The van der Waals surface area contributed by atoms with Crippen molar-refractivity contribution in [1.29, 1.82) is 0 Å². The Morgan fingerprint density at radius 2 is 1.79 bits per heavy atom. The number of amides is 1. The molecule has 126 valence electrons. The van der Waals surface area contributed by atoms with Crippen LogP contribution in [0.5, 0.6) is 0 Å². The largest absolute Gasteiger partial charge is 0.416 e. The molecule has 2 aromatic rings. The molecule has 1 aliphatic heterocycles. The van der Waals surface area contributed by atoms with Crippen molar-refractivity contribution in [3.63, 3.8) is 0 Å². The van der Waals surface area contributed by atoms with Crippen LogP contribution in [0.2, 0.25) is 5.02 Å². The third-order valence-electron chi connectivity index (χ3n) is 3.78. The molecule has 1 fully saturated rings.